The summed E-state index contributed by atoms with van der Waals surface area (Å²) >= 11 is 0. The van der Waals surface area contributed by atoms with E-state index in [4.69, 9.17) is 9.97 Å². The van der Waals surface area contributed by atoms with Crippen LogP contribution in [0.1, 0.15) is 22.3 Å². The van der Waals surface area contributed by atoms with Gasteiger partial charge in [-0.1, -0.05) is 188 Å². The van der Waals surface area contributed by atoms with Gasteiger partial charge in [0.2, 0.25) is 0 Å². The lowest BCUT2D eigenvalue weighted by atomic mass is 9.70. The largest absolute Gasteiger partial charge is 0.228 e. The molecule has 0 aliphatic heterocycles. The number of aromatic nitrogens is 2. The number of hydrogen-bond donors (Lipinski definition) is 0. The van der Waals surface area contributed by atoms with Gasteiger partial charge in [-0.3, -0.25) is 0 Å². The summed E-state index contributed by atoms with van der Waals surface area (Å²) < 4.78 is 0. The molecule has 0 atom stereocenters. The molecule has 0 N–H and O–H groups in total. The van der Waals surface area contributed by atoms with Crippen molar-refractivity contribution in [2.75, 3.05) is 0 Å². The van der Waals surface area contributed by atoms with Gasteiger partial charge >= 0.3 is 0 Å². The minimum Gasteiger partial charge on any atom is -0.228 e. The van der Waals surface area contributed by atoms with Gasteiger partial charge in [-0.15, -0.1) is 0 Å². The Bertz CT molecular complexity index is 3110. The molecule has 254 valence electrons. The fourth-order valence-corrected chi connectivity index (χ4v) is 9.81. The highest BCUT2D eigenvalue weighted by Crippen LogP contribution is 2.65. The van der Waals surface area contributed by atoms with Crippen LogP contribution in [0.5, 0.6) is 0 Å². The highest BCUT2D eigenvalue weighted by atomic mass is 14.9. The van der Waals surface area contributed by atoms with Crippen molar-refractivity contribution in [3.63, 3.8) is 0 Å². The molecule has 9 aromatic carbocycles. The van der Waals surface area contributed by atoms with Gasteiger partial charge in [0.25, 0.3) is 0 Å². The molecule has 12 rings (SSSR count). The molecule has 1 heterocycles. The topological polar surface area (TPSA) is 25.8 Å². The summed E-state index contributed by atoms with van der Waals surface area (Å²) in [5.41, 5.74) is 16.2. The second-order valence-electron chi connectivity index (χ2n) is 14.8. The van der Waals surface area contributed by atoms with Crippen LogP contribution in [0.25, 0.3) is 88.5 Å². The molecule has 1 spiro atoms. The van der Waals surface area contributed by atoms with Crippen LogP contribution in [-0.2, 0) is 5.41 Å². The van der Waals surface area contributed by atoms with Crippen molar-refractivity contribution in [3.8, 4) is 56.0 Å². The SMILES string of the molecule is c1ccc(-c2ccc(-c3nc(-c4cccc5c4-c4ccccc4C54c5ccc6ccccc6c5-c5c4ccc4ccccc54)nc4ccccc34)cc2)cc1. The summed E-state index contributed by atoms with van der Waals surface area (Å²) in [7, 11) is 0. The van der Waals surface area contributed by atoms with E-state index in [0.29, 0.717) is 0 Å². The van der Waals surface area contributed by atoms with Crippen molar-refractivity contribution in [2.24, 2.45) is 0 Å². The first kappa shape index (κ1) is 30.3. The number of benzene rings is 9. The van der Waals surface area contributed by atoms with E-state index in [-0.39, 0.29) is 0 Å². The van der Waals surface area contributed by atoms with Crippen molar-refractivity contribution >= 4 is 32.4 Å². The summed E-state index contributed by atoms with van der Waals surface area (Å²) in [6, 6.07) is 70.7. The first-order chi connectivity index (χ1) is 27.3. The third-order valence-electron chi connectivity index (χ3n) is 12.1. The van der Waals surface area contributed by atoms with Gasteiger partial charge < -0.3 is 0 Å². The molecular formula is C53H32N2. The smallest absolute Gasteiger partial charge is 0.161 e. The summed E-state index contributed by atoms with van der Waals surface area (Å²) in [6.45, 7) is 0. The Kier molecular flexibility index (Phi) is 6.29. The van der Waals surface area contributed by atoms with Crippen molar-refractivity contribution < 1.29 is 0 Å². The third-order valence-corrected chi connectivity index (χ3v) is 12.1. The zero-order valence-corrected chi connectivity index (χ0v) is 29.9. The lowest BCUT2D eigenvalue weighted by Crippen LogP contribution is -2.25. The van der Waals surface area contributed by atoms with Gasteiger partial charge in [0, 0.05) is 16.5 Å². The fourth-order valence-electron chi connectivity index (χ4n) is 9.81. The first-order valence-electron chi connectivity index (χ1n) is 19.0. The van der Waals surface area contributed by atoms with Crippen LogP contribution >= 0.6 is 0 Å². The molecule has 2 aliphatic rings. The zero-order valence-electron chi connectivity index (χ0n) is 29.9. The maximum absolute atomic E-state index is 5.47. The molecule has 2 aliphatic carbocycles. The molecule has 0 unspecified atom stereocenters. The number of para-hydroxylation sites is 1. The molecule has 0 saturated heterocycles. The molecule has 1 aromatic heterocycles. The number of nitrogens with zero attached hydrogens (tertiary/aromatic N) is 2. The Labute approximate surface area is 319 Å². The van der Waals surface area contributed by atoms with Crippen LogP contribution in [0.4, 0.5) is 0 Å². The van der Waals surface area contributed by atoms with Crippen LogP contribution in [0.15, 0.2) is 194 Å². The minimum absolute atomic E-state index is 0.506. The van der Waals surface area contributed by atoms with E-state index in [0.717, 1.165) is 33.5 Å². The lowest BCUT2D eigenvalue weighted by Gasteiger charge is -2.30. The van der Waals surface area contributed by atoms with Gasteiger partial charge in [0.1, 0.15) is 0 Å². The van der Waals surface area contributed by atoms with Crippen LogP contribution in [-0.4, -0.2) is 9.97 Å². The molecule has 55 heavy (non-hydrogen) atoms. The van der Waals surface area contributed by atoms with Gasteiger partial charge in [0.05, 0.1) is 16.6 Å². The number of rotatable bonds is 3. The summed E-state index contributed by atoms with van der Waals surface area (Å²) in [6.07, 6.45) is 0. The Morgan fingerprint density at radius 1 is 0.309 bits per heavy atom. The van der Waals surface area contributed by atoms with E-state index in [2.05, 4.69) is 194 Å². The van der Waals surface area contributed by atoms with Crippen LogP contribution < -0.4 is 0 Å². The van der Waals surface area contributed by atoms with E-state index >= 15 is 0 Å². The normalized spacial score (nSPS) is 13.2. The van der Waals surface area contributed by atoms with Gasteiger partial charge in [-0.25, -0.2) is 9.97 Å². The quantitative estimate of drug-likeness (QED) is 0.184. The van der Waals surface area contributed by atoms with Crippen LogP contribution in [0.2, 0.25) is 0 Å². The maximum atomic E-state index is 5.47. The van der Waals surface area contributed by atoms with E-state index in [1.807, 2.05) is 0 Å². The zero-order chi connectivity index (χ0) is 36.1. The molecule has 0 bridgehead atoms. The second-order valence-corrected chi connectivity index (χ2v) is 14.8. The van der Waals surface area contributed by atoms with Crippen molar-refractivity contribution in [3.05, 3.63) is 216 Å². The molecule has 10 aromatic rings. The maximum Gasteiger partial charge on any atom is 0.161 e. The molecule has 2 heteroatoms. The highest BCUT2D eigenvalue weighted by Gasteiger charge is 2.53. The van der Waals surface area contributed by atoms with Crippen molar-refractivity contribution in [1.82, 2.24) is 9.97 Å². The van der Waals surface area contributed by atoms with E-state index in [1.54, 1.807) is 0 Å². The molecule has 0 fully saturated rings. The molecule has 0 radical (unpaired) electrons. The fraction of sp³-hybridized carbons (Fsp3) is 0.0189. The molecule has 2 nitrogen and oxygen atoms in total. The van der Waals surface area contributed by atoms with E-state index in [1.165, 1.54) is 77.2 Å². The Morgan fingerprint density at radius 2 is 0.836 bits per heavy atom. The van der Waals surface area contributed by atoms with Crippen molar-refractivity contribution in [2.45, 2.75) is 5.41 Å². The summed E-state index contributed by atoms with van der Waals surface area (Å²) in [5.74, 6) is 0.736. The van der Waals surface area contributed by atoms with Gasteiger partial charge in [-0.2, -0.15) is 0 Å². The Hall–Kier alpha value is -7.16. The van der Waals surface area contributed by atoms with Gasteiger partial charge in [0.15, 0.2) is 5.82 Å². The number of hydrogen-bond acceptors (Lipinski definition) is 2. The Balaban J connectivity index is 1.14. The highest BCUT2D eigenvalue weighted by molar-refractivity contribution is 6.14. The summed E-state index contributed by atoms with van der Waals surface area (Å²) in [4.78, 5) is 10.8. The monoisotopic (exact) mass is 696 g/mol. The molecule has 0 saturated carbocycles. The first-order valence-corrected chi connectivity index (χ1v) is 19.0. The average molecular weight is 697 g/mol. The van der Waals surface area contributed by atoms with E-state index < -0.39 is 5.41 Å². The predicted octanol–water partition coefficient (Wildman–Crippen LogP) is 13.3. The third kappa shape index (κ3) is 4.14. The number of fused-ring (bicyclic) bond motifs is 15. The standard InChI is InChI=1S/C53H32N2/c1-2-13-33(14-3-1)34-25-27-37(28-26-34)51-41-20-9-11-24-47(41)54-52(55-51)42-21-12-23-44-48(42)40-19-8-10-22-43(40)53(44)45-31-29-35-15-4-6-17-38(35)49(45)50-39-18-7-5-16-36(39)30-32-46(50)53/h1-32H. The lowest BCUT2D eigenvalue weighted by molar-refractivity contribution is 0.795. The molecule has 0 amide bonds. The van der Waals surface area contributed by atoms with Crippen LogP contribution in [0.3, 0.4) is 0 Å². The van der Waals surface area contributed by atoms with E-state index in [9.17, 15) is 0 Å². The minimum atomic E-state index is -0.506. The Morgan fingerprint density at radius 3 is 1.56 bits per heavy atom. The average Bonchev–Trinajstić information content (AvgIpc) is 3.74. The predicted molar refractivity (Wildman–Crippen MR) is 227 cm³/mol. The summed E-state index contributed by atoms with van der Waals surface area (Å²) in [5, 5.41) is 6.13. The van der Waals surface area contributed by atoms with Crippen LogP contribution in [0, 0.1) is 0 Å². The van der Waals surface area contributed by atoms with Crippen molar-refractivity contribution in [1.29, 1.82) is 0 Å². The van der Waals surface area contributed by atoms with Gasteiger partial charge in [-0.05, 0) is 83.2 Å². The molecular weight excluding hydrogens is 665 g/mol. The second kappa shape index (κ2) is 11.4.